The summed E-state index contributed by atoms with van der Waals surface area (Å²) in [5, 5.41) is 0. The van der Waals surface area contributed by atoms with Gasteiger partial charge in [-0.3, -0.25) is 4.79 Å². The van der Waals surface area contributed by atoms with E-state index in [1.807, 2.05) is 0 Å². The Hall–Kier alpha value is 1.13. The SMILES string of the molecule is C[C@@]1(CI)[C@H]2CC[C@@]1(CI)C(=O)C2. The molecule has 2 bridgehead atoms. The molecule has 2 fully saturated rings. The van der Waals surface area contributed by atoms with Gasteiger partial charge in [-0.25, -0.2) is 0 Å². The second kappa shape index (κ2) is 3.32. The standard InChI is InChI=1S/C10H14I2O/c1-9(5-11)7-2-3-10(9,6-12)8(13)4-7/h7H,2-6H2,1H3/t7-,9+,10+/m0/s1. The van der Waals surface area contributed by atoms with Crippen molar-refractivity contribution in [2.24, 2.45) is 16.7 Å². The Kier molecular flexibility index (Phi) is 2.72. The van der Waals surface area contributed by atoms with Crippen LogP contribution in [-0.4, -0.2) is 14.6 Å². The zero-order valence-electron chi connectivity index (χ0n) is 7.78. The van der Waals surface area contributed by atoms with Crippen LogP contribution in [0, 0.1) is 16.7 Å². The molecule has 0 unspecified atom stereocenters. The molecule has 0 aromatic rings. The second-order valence-electron chi connectivity index (χ2n) is 4.63. The summed E-state index contributed by atoms with van der Waals surface area (Å²) in [6.45, 7) is 2.33. The van der Waals surface area contributed by atoms with E-state index in [1.165, 1.54) is 6.42 Å². The molecule has 0 aromatic carbocycles. The number of Topliss-reactive ketones (excluding diaryl/α,β-unsaturated/α-hetero) is 1. The number of halogens is 2. The van der Waals surface area contributed by atoms with Crippen LogP contribution in [0.1, 0.15) is 26.2 Å². The van der Waals surface area contributed by atoms with Crippen molar-refractivity contribution in [1.29, 1.82) is 0 Å². The van der Waals surface area contributed by atoms with Crippen LogP contribution in [0.15, 0.2) is 0 Å². The first-order chi connectivity index (χ1) is 6.10. The van der Waals surface area contributed by atoms with E-state index in [-0.39, 0.29) is 5.41 Å². The number of rotatable bonds is 2. The van der Waals surface area contributed by atoms with Gasteiger partial charge in [0.15, 0.2) is 0 Å². The van der Waals surface area contributed by atoms with Crippen molar-refractivity contribution in [3.63, 3.8) is 0 Å². The van der Waals surface area contributed by atoms with Crippen LogP contribution >= 0.6 is 45.2 Å². The van der Waals surface area contributed by atoms with Gasteiger partial charge < -0.3 is 0 Å². The zero-order chi connectivity index (χ0) is 9.69. The van der Waals surface area contributed by atoms with Crippen molar-refractivity contribution in [2.45, 2.75) is 26.2 Å². The predicted molar refractivity (Wildman–Crippen MR) is 70.7 cm³/mol. The van der Waals surface area contributed by atoms with Crippen LogP contribution < -0.4 is 0 Å². The summed E-state index contributed by atoms with van der Waals surface area (Å²) in [6.07, 6.45) is 3.30. The molecule has 0 spiro atoms. The van der Waals surface area contributed by atoms with Crippen LogP contribution in [0.4, 0.5) is 0 Å². The Morgan fingerprint density at radius 2 is 2.15 bits per heavy atom. The minimum atomic E-state index is 0.0550. The van der Waals surface area contributed by atoms with Gasteiger partial charge in [0, 0.05) is 20.7 Å². The fourth-order valence-corrected chi connectivity index (χ4v) is 6.18. The quantitative estimate of drug-likeness (QED) is 0.511. The smallest absolute Gasteiger partial charge is 0.140 e. The molecule has 0 aromatic heterocycles. The maximum Gasteiger partial charge on any atom is 0.140 e. The van der Waals surface area contributed by atoms with E-state index in [9.17, 15) is 4.79 Å². The van der Waals surface area contributed by atoms with E-state index in [2.05, 4.69) is 52.1 Å². The Morgan fingerprint density at radius 1 is 1.46 bits per heavy atom. The Bertz CT molecular complexity index is 253. The Balaban J connectivity index is 2.45. The van der Waals surface area contributed by atoms with Crippen molar-refractivity contribution in [2.75, 3.05) is 8.86 Å². The lowest BCUT2D eigenvalue weighted by Gasteiger charge is -2.36. The number of hydrogen-bond acceptors (Lipinski definition) is 1. The monoisotopic (exact) mass is 404 g/mol. The summed E-state index contributed by atoms with van der Waals surface area (Å²) in [4.78, 5) is 12.0. The van der Waals surface area contributed by atoms with Gasteiger partial charge in [-0.05, 0) is 24.2 Å². The highest BCUT2D eigenvalue weighted by Crippen LogP contribution is 2.65. The van der Waals surface area contributed by atoms with E-state index in [1.54, 1.807) is 0 Å². The first kappa shape index (κ1) is 10.6. The first-order valence-electron chi connectivity index (χ1n) is 4.76. The third kappa shape index (κ3) is 1.12. The van der Waals surface area contributed by atoms with E-state index in [4.69, 9.17) is 0 Å². The van der Waals surface area contributed by atoms with E-state index in [0.717, 1.165) is 21.7 Å². The number of ketones is 1. The van der Waals surface area contributed by atoms with Crippen molar-refractivity contribution in [1.82, 2.24) is 0 Å². The zero-order valence-corrected chi connectivity index (χ0v) is 12.1. The lowest BCUT2D eigenvalue weighted by Crippen LogP contribution is -2.40. The number of carbonyl (C=O) groups is 1. The molecule has 2 saturated carbocycles. The van der Waals surface area contributed by atoms with Crippen molar-refractivity contribution >= 4 is 51.0 Å². The van der Waals surface area contributed by atoms with Crippen LogP contribution in [0.3, 0.4) is 0 Å². The fourth-order valence-electron chi connectivity index (χ4n) is 3.15. The minimum Gasteiger partial charge on any atom is -0.299 e. The van der Waals surface area contributed by atoms with Gasteiger partial charge in [0.1, 0.15) is 5.78 Å². The van der Waals surface area contributed by atoms with Crippen molar-refractivity contribution < 1.29 is 4.79 Å². The summed E-state index contributed by atoms with van der Waals surface area (Å²) >= 11 is 4.87. The molecular weight excluding hydrogens is 390 g/mol. The molecule has 2 aliphatic carbocycles. The molecule has 3 atom stereocenters. The molecule has 2 rings (SSSR count). The van der Waals surface area contributed by atoms with E-state index < -0.39 is 0 Å². The molecule has 0 amide bonds. The molecule has 1 nitrogen and oxygen atoms in total. The van der Waals surface area contributed by atoms with Crippen LogP contribution in [0.2, 0.25) is 0 Å². The van der Waals surface area contributed by atoms with Gasteiger partial charge in [-0.15, -0.1) is 0 Å². The maximum absolute atomic E-state index is 12.0. The summed E-state index contributed by atoms with van der Waals surface area (Å²) in [5.41, 5.74) is 0.366. The molecule has 74 valence electrons. The molecule has 0 aliphatic heterocycles. The van der Waals surface area contributed by atoms with E-state index >= 15 is 0 Å². The van der Waals surface area contributed by atoms with Crippen molar-refractivity contribution in [3.8, 4) is 0 Å². The molecule has 0 saturated heterocycles. The number of carbonyl (C=O) groups excluding carboxylic acids is 1. The highest BCUT2D eigenvalue weighted by molar-refractivity contribution is 14.1. The summed E-state index contributed by atoms with van der Waals surface area (Å²) in [7, 11) is 0. The molecule has 0 heterocycles. The number of fused-ring (bicyclic) bond motifs is 2. The van der Waals surface area contributed by atoms with Gasteiger partial charge in [0.25, 0.3) is 0 Å². The molecular formula is C10H14I2O. The fraction of sp³-hybridized carbons (Fsp3) is 0.900. The molecule has 0 N–H and O–H groups in total. The average molecular weight is 404 g/mol. The summed E-state index contributed by atoms with van der Waals surface area (Å²) in [6, 6.07) is 0. The molecule has 3 heteroatoms. The number of hydrogen-bond donors (Lipinski definition) is 0. The third-order valence-corrected chi connectivity index (χ3v) is 7.27. The van der Waals surface area contributed by atoms with Gasteiger partial charge in [-0.1, -0.05) is 52.1 Å². The molecule has 13 heavy (non-hydrogen) atoms. The lowest BCUT2D eigenvalue weighted by atomic mass is 9.70. The third-order valence-electron chi connectivity index (χ3n) is 4.39. The highest BCUT2D eigenvalue weighted by atomic mass is 127. The second-order valence-corrected chi connectivity index (χ2v) is 6.16. The first-order valence-corrected chi connectivity index (χ1v) is 7.81. The summed E-state index contributed by atoms with van der Waals surface area (Å²) in [5.74, 6) is 1.24. The van der Waals surface area contributed by atoms with E-state index in [0.29, 0.717) is 17.1 Å². The Labute approximate surface area is 107 Å². The van der Waals surface area contributed by atoms with Gasteiger partial charge >= 0.3 is 0 Å². The predicted octanol–water partition coefficient (Wildman–Crippen LogP) is 3.23. The minimum absolute atomic E-state index is 0.0550. The van der Waals surface area contributed by atoms with Gasteiger partial charge in [-0.2, -0.15) is 0 Å². The van der Waals surface area contributed by atoms with Crippen LogP contribution in [0.25, 0.3) is 0 Å². The average Bonchev–Trinajstić information content (AvgIpc) is 2.53. The van der Waals surface area contributed by atoms with Crippen LogP contribution in [0.5, 0.6) is 0 Å². The number of alkyl halides is 2. The lowest BCUT2D eigenvalue weighted by molar-refractivity contribution is -0.127. The topological polar surface area (TPSA) is 17.1 Å². The van der Waals surface area contributed by atoms with Crippen molar-refractivity contribution in [3.05, 3.63) is 0 Å². The highest BCUT2D eigenvalue weighted by Gasteiger charge is 2.65. The normalized spacial score (nSPS) is 48.8. The van der Waals surface area contributed by atoms with Gasteiger partial charge in [0.2, 0.25) is 0 Å². The van der Waals surface area contributed by atoms with Gasteiger partial charge in [0.05, 0.1) is 0 Å². The Morgan fingerprint density at radius 3 is 2.54 bits per heavy atom. The molecule has 0 radical (unpaired) electrons. The van der Waals surface area contributed by atoms with Crippen LogP contribution in [-0.2, 0) is 4.79 Å². The molecule has 2 aliphatic rings. The largest absolute Gasteiger partial charge is 0.299 e. The summed E-state index contributed by atoms with van der Waals surface area (Å²) < 4.78 is 2.17. The maximum atomic E-state index is 12.0.